The molecule has 0 amide bonds. The Kier molecular flexibility index (Phi) is 2.59. The van der Waals surface area contributed by atoms with Gasteiger partial charge in [-0.25, -0.2) is 0 Å². The lowest BCUT2D eigenvalue weighted by atomic mass is 10.2. The van der Waals surface area contributed by atoms with Gasteiger partial charge in [-0.3, -0.25) is 0 Å². The first kappa shape index (κ1) is 9.08. The minimum Gasteiger partial charge on any atom is -0.486 e. The van der Waals surface area contributed by atoms with Crippen LogP contribution in [0.25, 0.3) is 0 Å². The highest BCUT2D eigenvalue weighted by Gasteiger charge is 2.13. The second-order valence-electron chi connectivity index (χ2n) is 2.75. The number of aliphatic hydroxyl groups excluding tert-OH is 1. The fourth-order valence-electron chi connectivity index (χ4n) is 1.23. The third-order valence-corrected chi connectivity index (χ3v) is 2.89. The first-order valence-corrected chi connectivity index (χ1v) is 5.08. The van der Waals surface area contributed by atoms with Gasteiger partial charge in [0.15, 0.2) is 11.5 Å². The Labute approximate surface area is 89.8 Å². The standard InChI is InChI=1S/C9H9IO3/c10-7-4-9-8(3-6(7)5-11)12-1-2-13-9/h3-4,11H,1-2,5H2. The molecule has 70 valence electrons. The van der Waals surface area contributed by atoms with E-state index < -0.39 is 0 Å². The van der Waals surface area contributed by atoms with Crippen molar-refractivity contribution in [1.29, 1.82) is 0 Å². The van der Waals surface area contributed by atoms with Gasteiger partial charge in [-0.05, 0) is 40.3 Å². The fourth-order valence-corrected chi connectivity index (χ4v) is 1.84. The maximum Gasteiger partial charge on any atom is 0.162 e. The predicted octanol–water partition coefficient (Wildman–Crippen LogP) is 1.55. The minimum atomic E-state index is 0.0366. The van der Waals surface area contributed by atoms with Gasteiger partial charge in [0.05, 0.1) is 6.61 Å². The van der Waals surface area contributed by atoms with Crippen LogP contribution in [0, 0.1) is 3.57 Å². The first-order valence-electron chi connectivity index (χ1n) is 4.00. The molecule has 1 aliphatic heterocycles. The van der Waals surface area contributed by atoms with Crippen molar-refractivity contribution in [3.05, 3.63) is 21.3 Å². The van der Waals surface area contributed by atoms with Gasteiger partial charge in [-0.2, -0.15) is 0 Å². The zero-order chi connectivity index (χ0) is 9.26. The zero-order valence-electron chi connectivity index (χ0n) is 6.92. The van der Waals surface area contributed by atoms with E-state index in [0.29, 0.717) is 13.2 Å². The Morgan fingerprint density at radius 1 is 1.23 bits per heavy atom. The van der Waals surface area contributed by atoms with E-state index in [0.717, 1.165) is 20.6 Å². The number of halogens is 1. The highest BCUT2D eigenvalue weighted by atomic mass is 127. The van der Waals surface area contributed by atoms with Crippen LogP contribution in [-0.2, 0) is 6.61 Å². The van der Waals surface area contributed by atoms with Gasteiger partial charge in [-0.15, -0.1) is 0 Å². The van der Waals surface area contributed by atoms with Crippen molar-refractivity contribution in [3.8, 4) is 11.5 Å². The molecular weight excluding hydrogens is 283 g/mol. The summed E-state index contributed by atoms with van der Waals surface area (Å²) in [6, 6.07) is 3.72. The second-order valence-corrected chi connectivity index (χ2v) is 3.91. The minimum absolute atomic E-state index is 0.0366. The molecule has 1 aromatic rings. The van der Waals surface area contributed by atoms with E-state index in [2.05, 4.69) is 22.6 Å². The third-order valence-electron chi connectivity index (χ3n) is 1.88. The van der Waals surface area contributed by atoms with Crippen molar-refractivity contribution < 1.29 is 14.6 Å². The largest absolute Gasteiger partial charge is 0.486 e. The summed E-state index contributed by atoms with van der Waals surface area (Å²) in [6.07, 6.45) is 0. The zero-order valence-corrected chi connectivity index (χ0v) is 9.08. The quantitative estimate of drug-likeness (QED) is 0.798. The molecule has 2 rings (SSSR count). The van der Waals surface area contributed by atoms with E-state index >= 15 is 0 Å². The summed E-state index contributed by atoms with van der Waals surface area (Å²) in [4.78, 5) is 0. The summed E-state index contributed by atoms with van der Waals surface area (Å²) >= 11 is 2.17. The Hall–Kier alpha value is -0.490. The van der Waals surface area contributed by atoms with E-state index in [4.69, 9.17) is 14.6 Å². The number of ether oxygens (including phenoxy) is 2. The molecule has 0 spiro atoms. The van der Waals surface area contributed by atoms with Crippen LogP contribution in [0.15, 0.2) is 12.1 Å². The van der Waals surface area contributed by atoms with Crippen LogP contribution in [-0.4, -0.2) is 18.3 Å². The molecule has 4 heteroatoms. The lowest BCUT2D eigenvalue weighted by Gasteiger charge is -2.19. The number of hydrogen-bond donors (Lipinski definition) is 1. The van der Waals surface area contributed by atoms with Crippen molar-refractivity contribution in [2.45, 2.75) is 6.61 Å². The van der Waals surface area contributed by atoms with Crippen molar-refractivity contribution in [3.63, 3.8) is 0 Å². The Morgan fingerprint density at radius 3 is 2.46 bits per heavy atom. The highest BCUT2D eigenvalue weighted by Crippen LogP contribution is 2.33. The van der Waals surface area contributed by atoms with Gasteiger partial charge in [0, 0.05) is 3.57 Å². The first-order chi connectivity index (χ1) is 6.31. The summed E-state index contributed by atoms with van der Waals surface area (Å²) in [6.45, 7) is 1.22. The molecule has 0 saturated heterocycles. The van der Waals surface area contributed by atoms with E-state index in [1.807, 2.05) is 12.1 Å². The molecule has 0 atom stereocenters. The Bertz CT molecular complexity index is 325. The topological polar surface area (TPSA) is 38.7 Å². The van der Waals surface area contributed by atoms with Gasteiger partial charge >= 0.3 is 0 Å². The third kappa shape index (κ3) is 1.73. The summed E-state index contributed by atoms with van der Waals surface area (Å²) in [5, 5.41) is 9.02. The van der Waals surface area contributed by atoms with E-state index in [-0.39, 0.29) is 6.61 Å². The number of rotatable bonds is 1. The van der Waals surface area contributed by atoms with Crippen LogP contribution in [0.4, 0.5) is 0 Å². The fraction of sp³-hybridized carbons (Fsp3) is 0.333. The van der Waals surface area contributed by atoms with Gasteiger partial charge in [0.2, 0.25) is 0 Å². The molecule has 13 heavy (non-hydrogen) atoms. The van der Waals surface area contributed by atoms with Crippen LogP contribution in [0.5, 0.6) is 11.5 Å². The number of aliphatic hydroxyl groups is 1. The van der Waals surface area contributed by atoms with Gasteiger partial charge in [0.1, 0.15) is 13.2 Å². The Morgan fingerprint density at radius 2 is 1.85 bits per heavy atom. The molecule has 0 aromatic heterocycles. The summed E-state index contributed by atoms with van der Waals surface area (Å²) in [5.41, 5.74) is 0.879. The van der Waals surface area contributed by atoms with Crippen LogP contribution >= 0.6 is 22.6 Å². The molecule has 0 fully saturated rings. The normalized spacial score (nSPS) is 14.3. The maximum absolute atomic E-state index is 9.02. The number of hydrogen-bond acceptors (Lipinski definition) is 3. The van der Waals surface area contributed by atoms with Crippen LogP contribution in [0.1, 0.15) is 5.56 Å². The molecule has 0 saturated carbocycles. The van der Waals surface area contributed by atoms with Gasteiger partial charge < -0.3 is 14.6 Å². The van der Waals surface area contributed by atoms with Crippen LogP contribution < -0.4 is 9.47 Å². The average molecular weight is 292 g/mol. The van der Waals surface area contributed by atoms with Gasteiger partial charge in [0.25, 0.3) is 0 Å². The van der Waals surface area contributed by atoms with Crippen molar-refractivity contribution in [2.24, 2.45) is 0 Å². The van der Waals surface area contributed by atoms with Crippen molar-refractivity contribution in [1.82, 2.24) is 0 Å². The molecular formula is C9H9IO3. The molecule has 0 bridgehead atoms. The second kappa shape index (κ2) is 3.71. The number of benzene rings is 1. The Balaban J connectivity index is 2.44. The van der Waals surface area contributed by atoms with Gasteiger partial charge in [-0.1, -0.05) is 0 Å². The van der Waals surface area contributed by atoms with E-state index in [1.54, 1.807) is 0 Å². The molecule has 0 radical (unpaired) electrons. The van der Waals surface area contributed by atoms with E-state index in [9.17, 15) is 0 Å². The van der Waals surface area contributed by atoms with Crippen molar-refractivity contribution in [2.75, 3.05) is 13.2 Å². The molecule has 3 nitrogen and oxygen atoms in total. The SMILES string of the molecule is OCc1cc2c(cc1I)OCCO2. The number of fused-ring (bicyclic) bond motifs is 1. The molecule has 1 aliphatic rings. The average Bonchev–Trinajstić information content (AvgIpc) is 2.17. The summed E-state index contributed by atoms with van der Waals surface area (Å²) in [7, 11) is 0. The van der Waals surface area contributed by atoms with E-state index in [1.165, 1.54) is 0 Å². The lowest BCUT2D eigenvalue weighted by molar-refractivity contribution is 0.170. The molecule has 0 aliphatic carbocycles. The molecule has 1 N–H and O–H groups in total. The lowest BCUT2D eigenvalue weighted by Crippen LogP contribution is -2.15. The molecule has 0 unspecified atom stereocenters. The predicted molar refractivity (Wildman–Crippen MR) is 56.1 cm³/mol. The summed E-state index contributed by atoms with van der Waals surface area (Å²) in [5.74, 6) is 1.50. The highest BCUT2D eigenvalue weighted by molar-refractivity contribution is 14.1. The molecule has 1 heterocycles. The van der Waals surface area contributed by atoms with Crippen LogP contribution in [0.3, 0.4) is 0 Å². The van der Waals surface area contributed by atoms with Crippen molar-refractivity contribution >= 4 is 22.6 Å². The molecule has 1 aromatic carbocycles. The smallest absolute Gasteiger partial charge is 0.162 e. The van der Waals surface area contributed by atoms with Crippen LogP contribution in [0.2, 0.25) is 0 Å². The maximum atomic E-state index is 9.02. The monoisotopic (exact) mass is 292 g/mol. The summed E-state index contributed by atoms with van der Waals surface area (Å²) < 4.78 is 11.8.